The summed E-state index contributed by atoms with van der Waals surface area (Å²) in [5.41, 5.74) is 6.11. The van der Waals surface area contributed by atoms with Crippen molar-refractivity contribution in [1.82, 2.24) is 14.7 Å². The maximum absolute atomic E-state index is 12.1. The van der Waals surface area contributed by atoms with Crippen LogP contribution in [-0.4, -0.2) is 39.7 Å². The number of rotatable bonds is 3. The minimum Gasteiger partial charge on any atom is -0.339 e. The van der Waals surface area contributed by atoms with Crippen LogP contribution in [0.3, 0.4) is 0 Å². The second-order valence-electron chi connectivity index (χ2n) is 5.32. The Balaban J connectivity index is 1.60. The van der Waals surface area contributed by atoms with Gasteiger partial charge in [-0.3, -0.25) is 9.48 Å². The summed E-state index contributed by atoms with van der Waals surface area (Å²) in [6.45, 7) is 1.73. The Hall–Kier alpha value is -1.07. The monoisotopic (exact) mass is 268 g/mol. The van der Waals surface area contributed by atoms with Crippen molar-refractivity contribution < 1.29 is 4.79 Å². The van der Waals surface area contributed by atoms with E-state index in [-0.39, 0.29) is 18.5 Å². The first-order chi connectivity index (χ1) is 8.63. The average molecular weight is 269 g/mol. The van der Waals surface area contributed by atoms with E-state index in [1.807, 2.05) is 4.90 Å². The van der Waals surface area contributed by atoms with E-state index in [0.29, 0.717) is 17.5 Å². The number of amides is 1. The number of likely N-dealkylation sites (tertiary alicyclic amines) is 1. The Bertz CT molecular complexity index is 457. The Morgan fingerprint density at radius 2 is 2.28 bits per heavy atom. The number of hydrogen-bond acceptors (Lipinski definition) is 3. The fraction of sp³-hybridized carbons (Fsp3) is 0.667. The maximum Gasteiger partial charge on any atom is 0.244 e. The van der Waals surface area contributed by atoms with E-state index in [2.05, 4.69) is 5.10 Å². The summed E-state index contributed by atoms with van der Waals surface area (Å²) in [6, 6.07) is 0.141. The van der Waals surface area contributed by atoms with Crippen LogP contribution >= 0.6 is 11.6 Å². The van der Waals surface area contributed by atoms with Crippen molar-refractivity contribution in [3.05, 3.63) is 17.4 Å². The van der Waals surface area contributed by atoms with Gasteiger partial charge >= 0.3 is 0 Å². The lowest BCUT2D eigenvalue weighted by Crippen LogP contribution is -2.34. The Labute approximate surface area is 111 Å². The van der Waals surface area contributed by atoms with Gasteiger partial charge in [-0.05, 0) is 24.7 Å². The zero-order chi connectivity index (χ0) is 12.7. The molecule has 0 radical (unpaired) electrons. The third-order valence-electron chi connectivity index (χ3n) is 3.89. The molecular weight excluding hydrogens is 252 g/mol. The molecule has 0 bridgehead atoms. The summed E-state index contributed by atoms with van der Waals surface area (Å²) in [6.07, 6.45) is 5.75. The second-order valence-corrected chi connectivity index (χ2v) is 5.76. The van der Waals surface area contributed by atoms with Crippen molar-refractivity contribution in [2.24, 2.45) is 17.6 Å². The van der Waals surface area contributed by atoms with E-state index in [1.54, 1.807) is 10.9 Å². The average Bonchev–Trinajstić information content (AvgIpc) is 2.98. The van der Waals surface area contributed by atoms with Gasteiger partial charge in [-0.25, -0.2) is 0 Å². The van der Waals surface area contributed by atoms with E-state index in [0.717, 1.165) is 12.5 Å². The van der Waals surface area contributed by atoms with Crippen LogP contribution in [0, 0.1) is 11.8 Å². The van der Waals surface area contributed by atoms with E-state index < -0.39 is 0 Å². The van der Waals surface area contributed by atoms with E-state index in [1.165, 1.54) is 19.0 Å². The molecule has 1 aromatic heterocycles. The highest BCUT2D eigenvalue weighted by atomic mass is 35.5. The number of carbonyl (C=O) groups excluding carboxylic acids is 1. The largest absolute Gasteiger partial charge is 0.339 e. The highest BCUT2D eigenvalue weighted by Gasteiger charge is 2.42. The van der Waals surface area contributed by atoms with Gasteiger partial charge in [-0.15, -0.1) is 0 Å². The fourth-order valence-corrected chi connectivity index (χ4v) is 2.90. The summed E-state index contributed by atoms with van der Waals surface area (Å²) in [4.78, 5) is 14.0. The van der Waals surface area contributed by atoms with Crippen LogP contribution in [0.5, 0.6) is 0 Å². The quantitative estimate of drug-likeness (QED) is 0.879. The number of hydrogen-bond donors (Lipinski definition) is 1. The standard InChI is InChI=1S/C12H17ClN4O/c13-9-3-15-17(4-9)7-12(18)16-5-10(8-1-2-8)11(14)6-16/h3-4,8,10-11H,1-2,5-7,14H2/t10-,11+/m0/s1. The molecule has 3 rings (SSSR count). The molecule has 2 N–H and O–H groups in total. The lowest BCUT2D eigenvalue weighted by Gasteiger charge is -2.16. The van der Waals surface area contributed by atoms with Gasteiger partial charge in [0.05, 0.1) is 11.2 Å². The smallest absolute Gasteiger partial charge is 0.244 e. The molecule has 1 aromatic rings. The molecule has 6 heteroatoms. The molecule has 0 unspecified atom stereocenters. The Morgan fingerprint density at radius 3 is 2.89 bits per heavy atom. The number of nitrogens with zero attached hydrogens (tertiary/aromatic N) is 3. The molecule has 1 aliphatic heterocycles. The second kappa shape index (κ2) is 4.55. The summed E-state index contributed by atoms with van der Waals surface area (Å²) < 4.78 is 1.57. The molecule has 0 spiro atoms. The molecule has 2 fully saturated rings. The molecule has 18 heavy (non-hydrogen) atoms. The van der Waals surface area contributed by atoms with Crippen LogP contribution in [0.1, 0.15) is 12.8 Å². The SMILES string of the molecule is N[C@@H]1CN(C(=O)Cn2cc(Cl)cn2)C[C@H]1C1CC1. The van der Waals surface area contributed by atoms with Gasteiger partial charge in [-0.1, -0.05) is 11.6 Å². The molecule has 2 aliphatic rings. The molecule has 2 atom stereocenters. The lowest BCUT2D eigenvalue weighted by molar-refractivity contribution is -0.131. The normalized spacial score (nSPS) is 27.8. The van der Waals surface area contributed by atoms with E-state index in [4.69, 9.17) is 17.3 Å². The maximum atomic E-state index is 12.1. The van der Waals surface area contributed by atoms with Crippen molar-refractivity contribution in [3.63, 3.8) is 0 Å². The molecule has 0 aromatic carbocycles. The number of carbonyl (C=O) groups is 1. The van der Waals surface area contributed by atoms with Gasteiger partial charge in [0.15, 0.2) is 0 Å². The number of halogens is 1. The lowest BCUT2D eigenvalue weighted by atomic mass is 9.99. The number of aromatic nitrogens is 2. The van der Waals surface area contributed by atoms with Crippen molar-refractivity contribution in [3.8, 4) is 0 Å². The van der Waals surface area contributed by atoms with Crippen LogP contribution in [0.15, 0.2) is 12.4 Å². The van der Waals surface area contributed by atoms with Gasteiger partial charge in [0.25, 0.3) is 0 Å². The van der Waals surface area contributed by atoms with Crippen molar-refractivity contribution in [2.75, 3.05) is 13.1 Å². The predicted octanol–water partition coefficient (Wildman–Crippen LogP) is 0.732. The first-order valence-electron chi connectivity index (χ1n) is 6.35. The van der Waals surface area contributed by atoms with Crippen LogP contribution < -0.4 is 5.73 Å². The Morgan fingerprint density at radius 1 is 1.50 bits per heavy atom. The first kappa shape index (κ1) is 12.0. The third-order valence-corrected chi connectivity index (χ3v) is 4.09. The van der Waals surface area contributed by atoms with Gasteiger partial charge in [0.2, 0.25) is 5.91 Å². The molecule has 1 amide bonds. The van der Waals surface area contributed by atoms with Gasteiger partial charge in [0.1, 0.15) is 6.54 Å². The molecule has 1 aliphatic carbocycles. The van der Waals surface area contributed by atoms with Crippen molar-refractivity contribution in [2.45, 2.75) is 25.4 Å². The first-order valence-corrected chi connectivity index (χ1v) is 6.72. The molecular formula is C12H17ClN4O. The molecule has 98 valence electrons. The summed E-state index contributed by atoms with van der Waals surface area (Å²) >= 11 is 5.77. The highest BCUT2D eigenvalue weighted by molar-refractivity contribution is 6.30. The van der Waals surface area contributed by atoms with Crippen LogP contribution in [-0.2, 0) is 11.3 Å². The van der Waals surface area contributed by atoms with Crippen molar-refractivity contribution >= 4 is 17.5 Å². The highest BCUT2D eigenvalue weighted by Crippen LogP contribution is 2.40. The van der Waals surface area contributed by atoms with E-state index in [9.17, 15) is 4.79 Å². The molecule has 2 heterocycles. The minimum absolute atomic E-state index is 0.0772. The van der Waals surface area contributed by atoms with E-state index >= 15 is 0 Å². The van der Waals surface area contributed by atoms with Crippen LogP contribution in [0.4, 0.5) is 0 Å². The minimum atomic E-state index is 0.0772. The van der Waals surface area contributed by atoms with Gasteiger partial charge in [-0.2, -0.15) is 5.10 Å². The fourth-order valence-electron chi connectivity index (χ4n) is 2.74. The topological polar surface area (TPSA) is 64.2 Å². The van der Waals surface area contributed by atoms with Crippen LogP contribution in [0.2, 0.25) is 5.02 Å². The summed E-state index contributed by atoms with van der Waals surface area (Å²) in [7, 11) is 0. The molecule has 5 nitrogen and oxygen atoms in total. The summed E-state index contributed by atoms with van der Waals surface area (Å²) in [5, 5.41) is 4.57. The zero-order valence-corrected chi connectivity index (χ0v) is 10.9. The van der Waals surface area contributed by atoms with Gasteiger partial charge in [0, 0.05) is 25.3 Å². The van der Waals surface area contributed by atoms with Gasteiger partial charge < -0.3 is 10.6 Å². The third kappa shape index (κ3) is 2.37. The molecule has 1 saturated heterocycles. The van der Waals surface area contributed by atoms with Crippen LogP contribution in [0.25, 0.3) is 0 Å². The molecule has 1 saturated carbocycles. The predicted molar refractivity (Wildman–Crippen MR) is 68.0 cm³/mol. The van der Waals surface area contributed by atoms with Crippen molar-refractivity contribution in [1.29, 1.82) is 0 Å². The summed E-state index contributed by atoms with van der Waals surface area (Å²) in [5.74, 6) is 1.32. The number of nitrogens with two attached hydrogens (primary N) is 1. The Kier molecular flexibility index (Phi) is 3.03. The zero-order valence-electron chi connectivity index (χ0n) is 10.1.